The number of nitrogens with zero attached hydrogens (tertiary/aromatic N) is 2. The number of unbranched alkanes of at least 4 members (excludes halogenated alkanes) is 1. The predicted octanol–water partition coefficient (Wildman–Crippen LogP) is 3.29. The Hall–Kier alpha value is -1.35. The maximum atomic E-state index is 4.69. The summed E-state index contributed by atoms with van der Waals surface area (Å²) in [7, 11) is 2.09. The number of anilines is 1. The monoisotopic (exact) mass is 261 g/mol. The standard InChI is InChI=1S/C16H27N3/c1-6-7-8-11-19(5)16-10-9-15(14(4)18-16)12-17-13(2)3/h6,9-10,13,17H,1,7-8,11-12H2,2-5H3. The summed E-state index contributed by atoms with van der Waals surface area (Å²) in [4.78, 5) is 6.89. The van der Waals surface area contributed by atoms with Gasteiger partial charge in [-0.25, -0.2) is 4.98 Å². The summed E-state index contributed by atoms with van der Waals surface area (Å²) in [5.41, 5.74) is 2.39. The molecule has 1 N–H and O–H groups in total. The van der Waals surface area contributed by atoms with Gasteiger partial charge in [0.05, 0.1) is 0 Å². The molecule has 0 bridgehead atoms. The number of hydrogen-bond acceptors (Lipinski definition) is 3. The van der Waals surface area contributed by atoms with Gasteiger partial charge in [0.15, 0.2) is 0 Å². The van der Waals surface area contributed by atoms with Crippen molar-refractivity contribution in [2.45, 2.75) is 46.2 Å². The van der Waals surface area contributed by atoms with Crippen molar-refractivity contribution in [3.8, 4) is 0 Å². The van der Waals surface area contributed by atoms with Crippen LogP contribution in [0.2, 0.25) is 0 Å². The number of aromatic nitrogens is 1. The highest BCUT2D eigenvalue weighted by Gasteiger charge is 2.06. The van der Waals surface area contributed by atoms with Crippen molar-refractivity contribution in [2.24, 2.45) is 0 Å². The maximum absolute atomic E-state index is 4.69. The predicted molar refractivity (Wildman–Crippen MR) is 83.7 cm³/mol. The number of allylic oxidation sites excluding steroid dienone is 1. The van der Waals surface area contributed by atoms with E-state index in [1.165, 1.54) is 5.56 Å². The first-order valence-electron chi connectivity index (χ1n) is 7.06. The van der Waals surface area contributed by atoms with Crippen LogP contribution >= 0.6 is 0 Å². The van der Waals surface area contributed by atoms with Gasteiger partial charge in [0, 0.05) is 31.9 Å². The number of hydrogen-bond donors (Lipinski definition) is 1. The Balaban J connectivity index is 2.62. The summed E-state index contributed by atoms with van der Waals surface area (Å²) in [5, 5.41) is 3.43. The summed E-state index contributed by atoms with van der Waals surface area (Å²) in [6.07, 6.45) is 4.14. The molecule has 0 unspecified atom stereocenters. The molecule has 0 aliphatic heterocycles. The van der Waals surface area contributed by atoms with Gasteiger partial charge < -0.3 is 10.2 Å². The zero-order valence-corrected chi connectivity index (χ0v) is 12.7. The minimum atomic E-state index is 0.501. The molecule has 3 nitrogen and oxygen atoms in total. The number of nitrogens with one attached hydrogen (secondary N) is 1. The maximum Gasteiger partial charge on any atom is 0.128 e. The van der Waals surface area contributed by atoms with Gasteiger partial charge in [-0.3, -0.25) is 0 Å². The molecule has 0 saturated heterocycles. The van der Waals surface area contributed by atoms with E-state index in [-0.39, 0.29) is 0 Å². The van der Waals surface area contributed by atoms with Crippen molar-refractivity contribution in [2.75, 3.05) is 18.5 Å². The van der Waals surface area contributed by atoms with Crippen molar-refractivity contribution < 1.29 is 0 Å². The molecule has 106 valence electrons. The van der Waals surface area contributed by atoms with E-state index in [1.54, 1.807) is 0 Å². The van der Waals surface area contributed by atoms with E-state index < -0.39 is 0 Å². The van der Waals surface area contributed by atoms with Gasteiger partial charge in [-0.1, -0.05) is 26.0 Å². The van der Waals surface area contributed by atoms with Crippen LogP contribution in [0, 0.1) is 6.92 Å². The van der Waals surface area contributed by atoms with Crippen molar-refractivity contribution in [1.82, 2.24) is 10.3 Å². The lowest BCUT2D eigenvalue weighted by Crippen LogP contribution is -2.23. The van der Waals surface area contributed by atoms with Gasteiger partial charge in [-0.05, 0) is 31.4 Å². The molecular formula is C16H27N3. The van der Waals surface area contributed by atoms with Crippen LogP contribution in [0.5, 0.6) is 0 Å². The zero-order valence-electron chi connectivity index (χ0n) is 12.7. The summed E-state index contributed by atoms with van der Waals surface area (Å²) >= 11 is 0. The molecule has 0 aliphatic rings. The van der Waals surface area contributed by atoms with Crippen molar-refractivity contribution in [3.05, 3.63) is 36.0 Å². The fourth-order valence-electron chi connectivity index (χ4n) is 1.88. The molecule has 0 spiro atoms. The Bertz CT molecular complexity index is 399. The first-order chi connectivity index (χ1) is 9.04. The Labute approximate surface area is 117 Å². The normalized spacial score (nSPS) is 10.8. The van der Waals surface area contributed by atoms with Crippen LogP contribution in [-0.4, -0.2) is 24.6 Å². The van der Waals surface area contributed by atoms with E-state index in [9.17, 15) is 0 Å². The molecule has 19 heavy (non-hydrogen) atoms. The van der Waals surface area contributed by atoms with Gasteiger partial charge in [0.2, 0.25) is 0 Å². The SMILES string of the molecule is C=CCCCN(C)c1ccc(CNC(C)C)c(C)n1. The topological polar surface area (TPSA) is 28.2 Å². The van der Waals surface area contributed by atoms with Crippen LogP contribution in [0.1, 0.15) is 37.9 Å². The Morgan fingerprint density at radius 3 is 2.74 bits per heavy atom. The highest BCUT2D eigenvalue weighted by atomic mass is 15.2. The largest absolute Gasteiger partial charge is 0.360 e. The Morgan fingerprint density at radius 1 is 1.42 bits per heavy atom. The summed E-state index contributed by atoms with van der Waals surface area (Å²) < 4.78 is 0. The first-order valence-corrected chi connectivity index (χ1v) is 7.06. The van der Waals surface area contributed by atoms with E-state index in [4.69, 9.17) is 0 Å². The molecule has 1 aromatic rings. The van der Waals surface area contributed by atoms with Gasteiger partial charge in [0.1, 0.15) is 5.82 Å². The quantitative estimate of drug-likeness (QED) is 0.575. The first kappa shape index (κ1) is 15.7. The van der Waals surface area contributed by atoms with Gasteiger partial charge in [0.25, 0.3) is 0 Å². The second-order valence-corrected chi connectivity index (χ2v) is 5.30. The van der Waals surface area contributed by atoms with E-state index in [0.717, 1.165) is 37.4 Å². The fourth-order valence-corrected chi connectivity index (χ4v) is 1.88. The Kier molecular flexibility index (Phi) is 6.57. The van der Waals surface area contributed by atoms with Crippen LogP contribution in [0.25, 0.3) is 0 Å². The van der Waals surface area contributed by atoms with Crippen molar-refractivity contribution in [1.29, 1.82) is 0 Å². The van der Waals surface area contributed by atoms with E-state index in [2.05, 4.69) is 61.7 Å². The summed E-state index contributed by atoms with van der Waals surface area (Å²) in [6.45, 7) is 12.0. The third-order valence-corrected chi connectivity index (χ3v) is 3.17. The second-order valence-electron chi connectivity index (χ2n) is 5.30. The lowest BCUT2D eigenvalue weighted by molar-refractivity contribution is 0.586. The molecular weight excluding hydrogens is 234 g/mol. The average molecular weight is 261 g/mol. The molecule has 1 aromatic heterocycles. The van der Waals surface area contributed by atoms with Crippen LogP contribution in [0.3, 0.4) is 0 Å². The van der Waals surface area contributed by atoms with Crippen LogP contribution in [0.4, 0.5) is 5.82 Å². The summed E-state index contributed by atoms with van der Waals surface area (Å²) in [5.74, 6) is 1.05. The van der Waals surface area contributed by atoms with E-state index in [0.29, 0.717) is 6.04 Å². The zero-order chi connectivity index (χ0) is 14.3. The minimum absolute atomic E-state index is 0.501. The molecule has 3 heteroatoms. The van der Waals surface area contributed by atoms with E-state index >= 15 is 0 Å². The average Bonchev–Trinajstić information content (AvgIpc) is 2.37. The highest BCUT2D eigenvalue weighted by molar-refractivity contribution is 5.40. The fraction of sp³-hybridized carbons (Fsp3) is 0.562. The molecule has 0 aromatic carbocycles. The van der Waals surface area contributed by atoms with Crippen molar-refractivity contribution in [3.63, 3.8) is 0 Å². The van der Waals surface area contributed by atoms with Crippen LogP contribution in [-0.2, 0) is 6.54 Å². The summed E-state index contributed by atoms with van der Waals surface area (Å²) in [6, 6.07) is 4.79. The van der Waals surface area contributed by atoms with Gasteiger partial charge in [-0.2, -0.15) is 0 Å². The molecule has 1 heterocycles. The molecule has 0 radical (unpaired) electrons. The van der Waals surface area contributed by atoms with Crippen molar-refractivity contribution >= 4 is 5.82 Å². The smallest absolute Gasteiger partial charge is 0.128 e. The van der Waals surface area contributed by atoms with Crippen LogP contribution in [0.15, 0.2) is 24.8 Å². The molecule has 0 amide bonds. The Morgan fingerprint density at radius 2 is 2.16 bits per heavy atom. The number of pyridine rings is 1. The third-order valence-electron chi connectivity index (χ3n) is 3.17. The molecule has 0 atom stereocenters. The second kappa shape index (κ2) is 7.95. The lowest BCUT2D eigenvalue weighted by Gasteiger charge is -2.19. The molecule has 0 saturated carbocycles. The van der Waals surface area contributed by atoms with Gasteiger partial charge in [-0.15, -0.1) is 6.58 Å². The third kappa shape index (κ3) is 5.43. The number of aryl methyl sites for hydroxylation is 1. The molecule has 0 fully saturated rings. The van der Waals surface area contributed by atoms with Gasteiger partial charge >= 0.3 is 0 Å². The highest BCUT2D eigenvalue weighted by Crippen LogP contribution is 2.14. The molecule has 1 rings (SSSR count). The number of rotatable bonds is 8. The van der Waals surface area contributed by atoms with E-state index in [1.807, 2.05) is 6.08 Å². The molecule has 0 aliphatic carbocycles. The van der Waals surface area contributed by atoms with Crippen LogP contribution < -0.4 is 10.2 Å². The lowest BCUT2D eigenvalue weighted by atomic mass is 10.2. The minimum Gasteiger partial charge on any atom is -0.360 e.